The Morgan fingerprint density at radius 3 is 2.71 bits per heavy atom. The topological polar surface area (TPSA) is 93.7 Å². The maximum atomic E-state index is 11.9. The Bertz CT molecular complexity index is 602. The fraction of sp³-hybridized carbons (Fsp3) is 0.462. The first kappa shape index (κ1) is 15.6. The van der Waals surface area contributed by atoms with Gasteiger partial charge in [0.25, 0.3) is 5.91 Å². The van der Waals surface area contributed by atoms with Crippen molar-refractivity contribution >= 4 is 15.9 Å². The van der Waals surface area contributed by atoms with E-state index in [2.05, 4.69) is 10.0 Å². The van der Waals surface area contributed by atoms with Gasteiger partial charge in [0, 0.05) is 13.1 Å². The van der Waals surface area contributed by atoms with Crippen molar-refractivity contribution in [2.45, 2.75) is 12.5 Å². The van der Waals surface area contributed by atoms with Gasteiger partial charge < -0.3 is 14.8 Å². The molecule has 21 heavy (non-hydrogen) atoms. The molecule has 1 heterocycles. The molecule has 8 heteroatoms. The van der Waals surface area contributed by atoms with Crippen LogP contribution >= 0.6 is 0 Å². The van der Waals surface area contributed by atoms with E-state index in [1.54, 1.807) is 18.2 Å². The largest absolute Gasteiger partial charge is 0.485 e. The van der Waals surface area contributed by atoms with Gasteiger partial charge >= 0.3 is 0 Å². The summed E-state index contributed by atoms with van der Waals surface area (Å²) in [4.78, 5) is 11.9. The summed E-state index contributed by atoms with van der Waals surface area (Å²) in [6.07, 6.45) is 0.905. The van der Waals surface area contributed by atoms with E-state index in [1.807, 2.05) is 6.07 Å². The van der Waals surface area contributed by atoms with Crippen molar-refractivity contribution in [3.8, 4) is 11.5 Å². The molecule has 0 bridgehead atoms. The number of ether oxygens (including phenoxy) is 2. The van der Waals surface area contributed by atoms with Crippen molar-refractivity contribution < 1.29 is 22.7 Å². The maximum Gasteiger partial charge on any atom is 0.264 e. The average Bonchev–Trinajstić information content (AvgIpc) is 2.45. The summed E-state index contributed by atoms with van der Waals surface area (Å²) in [5, 5.41) is 2.69. The van der Waals surface area contributed by atoms with E-state index in [0.717, 1.165) is 6.26 Å². The minimum absolute atomic E-state index is 0.157. The van der Waals surface area contributed by atoms with Gasteiger partial charge in [-0.3, -0.25) is 4.79 Å². The van der Waals surface area contributed by atoms with Crippen LogP contribution in [-0.2, 0) is 14.8 Å². The Morgan fingerprint density at radius 2 is 2.00 bits per heavy atom. The second kappa shape index (κ2) is 6.77. The van der Waals surface area contributed by atoms with E-state index in [0.29, 0.717) is 24.5 Å². The van der Waals surface area contributed by atoms with Gasteiger partial charge in [-0.15, -0.1) is 0 Å². The Balaban J connectivity index is 1.73. The zero-order valence-electron chi connectivity index (χ0n) is 11.7. The molecule has 1 aromatic rings. The summed E-state index contributed by atoms with van der Waals surface area (Å²) in [5.74, 6) is 0.894. The van der Waals surface area contributed by atoms with Crippen LogP contribution in [0.4, 0.5) is 0 Å². The molecule has 1 aliphatic rings. The molecule has 7 nitrogen and oxygen atoms in total. The monoisotopic (exact) mass is 314 g/mol. The summed E-state index contributed by atoms with van der Waals surface area (Å²) < 4.78 is 35.1. The van der Waals surface area contributed by atoms with E-state index < -0.39 is 16.1 Å². The molecule has 0 unspecified atom stereocenters. The standard InChI is InChI=1S/C13H18N2O5S/c1-21(17,18)15-8-4-7-14-13(16)12-9-19-10-5-2-3-6-11(10)20-12/h2-3,5-6,12,15H,4,7-9H2,1H3,(H,14,16)/t12-/m0/s1. The number of nitrogens with one attached hydrogen (secondary N) is 2. The lowest BCUT2D eigenvalue weighted by Gasteiger charge is -2.25. The Morgan fingerprint density at radius 1 is 1.29 bits per heavy atom. The number of para-hydroxylation sites is 2. The zero-order valence-corrected chi connectivity index (χ0v) is 12.5. The molecule has 1 atom stereocenters. The number of carbonyl (C=O) groups excluding carboxylic acids is 1. The first-order valence-corrected chi connectivity index (χ1v) is 8.46. The van der Waals surface area contributed by atoms with Crippen molar-refractivity contribution in [1.82, 2.24) is 10.0 Å². The van der Waals surface area contributed by atoms with Crippen LogP contribution in [0.3, 0.4) is 0 Å². The second-order valence-electron chi connectivity index (χ2n) is 4.68. The molecule has 0 fully saturated rings. The van der Waals surface area contributed by atoms with Crippen molar-refractivity contribution in [3.63, 3.8) is 0 Å². The average molecular weight is 314 g/mol. The molecule has 2 N–H and O–H groups in total. The number of fused-ring (bicyclic) bond motifs is 1. The van der Waals surface area contributed by atoms with Crippen LogP contribution in [0.2, 0.25) is 0 Å². The predicted octanol–water partition coefficient (Wildman–Crippen LogP) is -0.118. The number of rotatable bonds is 6. The number of benzene rings is 1. The summed E-state index contributed by atoms with van der Waals surface area (Å²) >= 11 is 0. The minimum atomic E-state index is -3.19. The molecule has 116 valence electrons. The highest BCUT2D eigenvalue weighted by Crippen LogP contribution is 2.30. The lowest BCUT2D eigenvalue weighted by atomic mass is 10.2. The fourth-order valence-electron chi connectivity index (χ4n) is 1.82. The SMILES string of the molecule is CS(=O)(=O)NCCCNC(=O)[C@@H]1COc2ccccc2O1. The smallest absolute Gasteiger partial charge is 0.264 e. The summed E-state index contributed by atoms with van der Waals surface area (Å²) in [6, 6.07) is 7.15. The third kappa shape index (κ3) is 4.91. The fourth-order valence-corrected chi connectivity index (χ4v) is 2.34. The van der Waals surface area contributed by atoms with E-state index in [-0.39, 0.29) is 19.1 Å². The van der Waals surface area contributed by atoms with Crippen LogP contribution < -0.4 is 19.5 Å². The highest BCUT2D eigenvalue weighted by molar-refractivity contribution is 7.88. The molecular formula is C13H18N2O5S. The van der Waals surface area contributed by atoms with Gasteiger partial charge in [0.15, 0.2) is 11.5 Å². The van der Waals surface area contributed by atoms with Crippen molar-refractivity contribution in [2.24, 2.45) is 0 Å². The summed E-state index contributed by atoms with van der Waals surface area (Å²) in [6.45, 7) is 0.803. The minimum Gasteiger partial charge on any atom is -0.485 e. The van der Waals surface area contributed by atoms with Gasteiger partial charge in [-0.2, -0.15) is 0 Å². The first-order valence-electron chi connectivity index (χ1n) is 6.56. The Hall–Kier alpha value is -1.80. The molecule has 0 saturated carbocycles. The van der Waals surface area contributed by atoms with Crippen LogP contribution in [-0.4, -0.2) is 46.4 Å². The van der Waals surface area contributed by atoms with E-state index >= 15 is 0 Å². The molecule has 2 rings (SSSR count). The Kier molecular flexibility index (Phi) is 5.03. The molecule has 0 aliphatic carbocycles. The molecule has 1 aliphatic heterocycles. The predicted molar refractivity (Wildman–Crippen MR) is 76.8 cm³/mol. The number of carbonyl (C=O) groups is 1. The molecule has 0 saturated heterocycles. The first-order chi connectivity index (χ1) is 9.96. The summed E-state index contributed by atoms with van der Waals surface area (Å²) in [5.41, 5.74) is 0. The molecule has 1 amide bonds. The normalized spacial score (nSPS) is 17.3. The summed E-state index contributed by atoms with van der Waals surface area (Å²) in [7, 11) is -3.19. The maximum absolute atomic E-state index is 11.9. The lowest BCUT2D eigenvalue weighted by Crippen LogP contribution is -2.44. The van der Waals surface area contributed by atoms with Crippen molar-refractivity contribution in [3.05, 3.63) is 24.3 Å². The van der Waals surface area contributed by atoms with Crippen LogP contribution in [0.1, 0.15) is 6.42 Å². The third-order valence-corrected chi connectivity index (χ3v) is 3.55. The highest BCUT2D eigenvalue weighted by Gasteiger charge is 2.26. The van der Waals surface area contributed by atoms with Crippen LogP contribution in [0, 0.1) is 0 Å². The van der Waals surface area contributed by atoms with Crippen molar-refractivity contribution in [2.75, 3.05) is 26.0 Å². The van der Waals surface area contributed by atoms with Crippen LogP contribution in [0.25, 0.3) is 0 Å². The second-order valence-corrected chi connectivity index (χ2v) is 6.51. The molecule has 0 spiro atoms. The number of amides is 1. The van der Waals surface area contributed by atoms with E-state index in [1.165, 1.54) is 0 Å². The van der Waals surface area contributed by atoms with Crippen LogP contribution in [0.5, 0.6) is 11.5 Å². The highest BCUT2D eigenvalue weighted by atomic mass is 32.2. The van der Waals surface area contributed by atoms with Gasteiger partial charge in [0.2, 0.25) is 16.1 Å². The number of hydrogen-bond acceptors (Lipinski definition) is 5. The molecule has 0 radical (unpaired) electrons. The molecule has 1 aromatic carbocycles. The molecule has 0 aromatic heterocycles. The van der Waals surface area contributed by atoms with E-state index in [4.69, 9.17) is 9.47 Å². The van der Waals surface area contributed by atoms with Crippen LogP contribution in [0.15, 0.2) is 24.3 Å². The lowest BCUT2D eigenvalue weighted by molar-refractivity contribution is -0.130. The van der Waals surface area contributed by atoms with Crippen molar-refractivity contribution in [1.29, 1.82) is 0 Å². The Labute approximate surface area is 123 Å². The molecular weight excluding hydrogens is 296 g/mol. The number of sulfonamides is 1. The third-order valence-electron chi connectivity index (χ3n) is 2.82. The zero-order chi connectivity index (χ0) is 15.3. The van der Waals surface area contributed by atoms with Gasteiger partial charge in [0.1, 0.15) is 6.61 Å². The van der Waals surface area contributed by atoms with Gasteiger partial charge in [-0.1, -0.05) is 12.1 Å². The van der Waals surface area contributed by atoms with E-state index in [9.17, 15) is 13.2 Å². The van der Waals surface area contributed by atoms with Gasteiger partial charge in [0.05, 0.1) is 6.26 Å². The number of hydrogen-bond donors (Lipinski definition) is 2. The van der Waals surface area contributed by atoms with Gasteiger partial charge in [-0.05, 0) is 18.6 Å². The van der Waals surface area contributed by atoms with Gasteiger partial charge in [-0.25, -0.2) is 13.1 Å². The quantitative estimate of drug-likeness (QED) is 0.714.